The molecule has 0 atom stereocenters. The molecule has 0 spiro atoms. The van der Waals surface area contributed by atoms with Crippen molar-refractivity contribution < 1.29 is 65.4 Å². The molecule has 1 aromatic rings. The van der Waals surface area contributed by atoms with E-state index in [1.54, 1.807) is 11.1 Å². The van der Waals surface area contributed by atoms with Gasteiger partial charge in [-0.25, -0.2) is 0 Å². The van der Waals surface area contributed by atoms with E-state index < -0.39 is 0 Å². The largest absolute Gasteiger partial charge is 0.358 e. The predicted octanol–water partition coefficient (Wildman–Crippen LogP) is 4.51. The Hall–Kier alpha value is 1.43. The van der Waals surface area contributed by atoms with Gasteiger partial charge in [-0.3, -0.25) is 0 Å². The first kappa shape index (κ1) is 26.1. The van der Waals surface area contributed by atoms with E-state index in [9.17, 15) is 0 Å². The topological polar surface area (TPSA) is 0 Å². The van der Waals surface area contributed by atoms with Crippen molar-refractivity contribution in [3.8, 4) is 0 Å². The fourth-order valence-corrected chi connectivity index (χ4v) is 2.12. The minimum atomic E-state index is 0. The van der Waals surface area contributed by atoms with Crippen LogP contribution in [0.3, 0.4) is 0 Å². The quantitative estimate of drug-likeness (QED) is 0.589. The molecule has 0 saturated heterocycles. The zero-order chi connectivity index (χ0) is 7.84. The van der Waals surface area contributed by atoms with E-state index in [0.29, 0.717) is 0 Å². The second-order valence-electron chi connectivity index (χ2n) is 3.57. The number of aryl methyl sites for hydroxylation is 3. The zero-order valence-electron chi connectivity index (χ0n) is 9.43. The van der Waals surface area contributed by atoms with Crippen molar-refractivity contribution in [2.24, 2.45) is 0 Å². The molecular formula is C14H25Y2-. The average molecular weight is 371 g/mol. The SMILES string of the molecule is C.C.Cc1cc(C)c2c(c1)CCC2.[CH3-].[Y].[Y]. The summed E-state index contributed by atoms with van der Waals surface area (Å²) in [6.45, 7) is 4.42. The second-order valence-corrected chi connectivity index (χ2v) is 3.57. The number of benzene rings is 1. The maximum atomic E-state index is 2.34. The van der Waals surface area contributed by atoms with Crippen molar-refractivity contribution in [1.82, 2.24) is 0 Å². The molecule has 0 aliphatic heterocycles. The van der Waals surface area contributed by atoms with Gasteiger partial charge in [-0.15, -0.1) is 0 Å². The molecule has 0 saturated carbocycles. The molecule has 88 valence electrons. The summed E-state index contributed by atoms with van der Waals surface area (Å²) >= 11 is 0. The van der Waals surface area contributed by atoms with Crippen LogP contribution >= 0.6 is 0 Å². The van der Waals surface area contributed by atoms with E-state index in [-0.39, 0.29) is 87.7 Å². The van der Waals surface area contributed by atoms with Gasteiger partial charge in [-0.1, -0.05) is 32.5 Å². The second kappa shape index (κ2) is 11.5. The normalized spacial score (nSPS) is 10.4. The van der Waals surface area contributed by atoms with Gasteiger partial charge < -0.3 is 7.43 Å². The summed E-state index contributed by atoms with van der Waals surface area (Å²) in [5, 5.41) is 0. The maximum Gasteiger partial charge on any atom is 0 e. The molecule has 2 rings (SSSR count). The Kier molecular flexibility index (Phi) is 18.8. The zero-order valence-corrected chi connectivity index (χ0v) is 15.1. The van der Waals surface area contributed by atoms with Crippen LogP contribution in [0.15, 0.2) is 12.1 Å². The van der Waals surface area contributed by atoms with Gasteiger partial charge in [0.1, 0.15) is 0 Å². The summed E-state index contributed by atoms with van der Waals surface area (Å²) in [5.41, 5.74) is 6.14. The van der Waals surface area contributed by atoms with Crippen LogP contribution in [0, 0.1) is 21.3 Å². The van der Waals surface area contributed by atoms with Crippen LogP contribution in [0.25, 0.3) is 0 Å². The van der Waals surface area contributed by atoms with Crippen LogP contribution in [-0.4, -0.2) is 0 Å². The molecule has 1 aromatic carbocycles. The molecule has 16 heavy (non-hydrogen) atoms. The Morgan fingerprint density at radius 1 is 0.938 bits per heavy atom. The van der Waals surface area contributed by atoms with E-state index in [2.05, 4.69) is 26.0 Å². The molecule has 1 aliphatic rings. The van der Waals surface area contributed by atoms with Gasteiger partial charge in [-0.2, -0.15) is 0 Å². The molecule has 0 N–H and O–H groups in total. The molecule has 0 aromatic heterocycles. The van der Waals surface area contributed by atoms with Crippen LogP contribution in [0.4, 0.5) is 0 Å². The van der Waals surface area contributed by atoms with Gasteiger partial charge in [-0.05, 0) is 49.8 Å². The van der Waals surface area contributed by atoms with E-state index >= 15 is 0 Å². The summed E-state index contributed by atoms with van der Waals surface area (Å²) < 4.78 is 0. The molecule has 1 aliphatic carbocycles. The number of rotatable bonds is 0. The first-order valence-corrected chi connectivity index (χ1v) is 4.36. The molecule has 0 heterocycles. The average Bonchev–Trinajstić information content (AvgIpc) is 2.34. The van der Waals surface area contributed by atoms with E-state index in [1.807, 2.05) is 0 Å². The number of hydrogen-bond acceptors (Lipinski definition) is 0. The number of fused-ring (bicyclic) bond motifs is 1. The van der Waals surface area contributed by atoms with Crippen LogP contribution in [0.2, 0.25) is 0 Å². The molecule has 2 heteroatoms. The van der Waals surface area contributed by atoms with Crippen LogP contribution in [0.1, 0.15) is 43.5 Å². The van der Waals surface area contributed by atoms with Crippen molar-refractivity contribution in [2.75, 3.05) is 0 Å². The third-order valence-corrected chi connectivity index (χ3v) is 2.58. The molecule has 0 fully saturated rings. The van der Waals surface area contributed by atoms with Gasteiger partial charge >= 0.3 is 0 Å². The molecular weight excluding hydrogens is 346 g/mol. The van der Waals surface area contributed by atoms with Crippen molar-refractivity contribution in [2.45, 2.75) is 48.0 Å². The summed E-state index contributed by atoms with van der Waals surface area (Å²) in [5.74, 6) is 0. The van der Waals surface area contributed by atoms with Crippen molar-refractivity contribution >= 4 is 0 Å². The first-order valence-electron chi connectivity index (χ1n) is 4.36. The van der Waals surface area contributed by atoms with Crippen molar-refractivity contribution in [1.29, 1.82) is 0 Å². The first-order chi connectivity index (χ1) is 5.27. The monoisotopic (exact) mass is 371 g/mol. The van der Waals surface area contributed by atoms with Gasteiger partial charge in [0.2, 0.25) is 0 Å². The summed E-state index contributed by atoms with van der Waals surface area (Å²) in [4.78, 5) is 0. The molecule has 2 radical (unpaired) electrons. The summed E-state index contributed by atoms with van der Waals surface area (Å²) in [7, 11) is 0. The Morgan fingerprint density at radius 2 is 1.50 bits per heavy atom. The third-order valence-electron chi connectivity index (χ3n) is 2.58. The molecule has 0 nitrogen and oxygen atoms in total. The van der Waals surface area contributed by atoms with Crippen molar-refractivity contribution in [3.05, 3.63) is 41.8 Å². The predicted molar refractivity (Wildman–Crippen MR) is 67.8 cm³/mol. The van der Waals surface area contributed by atoms with Gasteiger partial charge in [0.25, 0.3) is 0 Å². The third kappa shape index (κ3) is 5.85. The summed E-state index contributed by atoms with van der Waals surface area (Å²) in [6, 6.07) is 4.64. The van der Waals surface area contributed by atoms with E-state index in [4.69, 9.17) is 0 Å². The molecule has 0 unspecified atom stereocenters. The van der Waals surface area contributed by atoms with Crippen molar-refractivity contribution in [3.63, 3.8) is 0 Å². The Balaban J connectivity index is -0.000000144. The number of hydrogen-bond donors (Lipinski definition) is 0. The Labute approximate surface area is 153 Å². The minimum Gasteiger partial charge on any atom is -0.358 e. The van der Waals surface area contributed by atoms with E-state index in [1.165, 1.54) is 30.4 Å². The Morgan fingerprint density at radius 3 is 2.06 bits per heavy atom. The molecule has 0 amide bonds. The molecule has 0 bridgehead atoms. The Bertz CT molecular complexity index is 293. The van der Waals surface area contributed by atoms with Crippen LogP contribution < -0.4 is 0 Å². The van der Waals surface area contributed by atoms with E-state index in [0.717, 1.165) is 0 Å². The van der Waals surface area contributed by atoms with Gasteiger partial charge in [0, 0.05) is 65.4 Å². The van der Waals surface area contributed by atoms with Gasteiger partial charge in [0.15, 0.2) is 0 Å². The van der Waals surface area contributed by atoms with Gasteiger partial charge in [0.05, 0.1) is 0 Å². The maximum absolute atomic E-state index is 2.34. The van der Waals surface area contributed by atoms with Crippen LogP contribution in [-0.2, 0) is 78.3 Å². The minimum absolute atomic E-state index is 0. The standard InChI is InChI=1S/C11H14.2CH4.CH3.2Y/c1-8-6-9(2)11-5-3-4-10(11)7-8;;;;;/h6-7H,3-5H2,1-2H3;2*1H4;1H3;;/q;;;-1;;. The fourth-order valence-electron chi connectivity index (χ4n) is 2.12. The fraction of sp³-hybridized carbons (Fsp3) is 0.500. The van der Waals surface area contributed by atoms with Crippen LogP contribution in [0.5, 0.6) is 0 Å². The summed E-state index contributed by atoms with van der Waals surface area (Å²) in [6.07, 6.45) is 3.97. The smallest absolute Gasteiger partial charge is 0 e.